The quantitative estimate of drug-likeness (QED) is 0.837. The average molecular weight is 218 g/mol. The highest BCUT2D eigenvalue weighted by molar-refractivity contribution is 5.48. The second kappa shape index (κ2) is 5.33. The first-order valence-electron chi connectivity index (χ1n) is 6.43. The summed E-state index contributed by atoms with van der Waals surface area (Å²) >= 11 is 0. The maximum Gasteiger partial charge on any atom is 0.0603 e. The van der Waals surface area contributed by atoms with Crippen LogP contribution in [0.3, 0.4) is 0 Å². The van der Waals surface area contributed by atoms with Crippen molar-refractivity contribution in [1.29, 1.82) is 0 Å². The highest BCUT2D eigenvalue weighted by atomic mass is 14.9. The van der Waals surface area contributed by atoms with Gasteiger partial charge < -0.3 is 5.32 Å². The van der Waals surface area contributed by atoms with Crippen LogP contribution in [0.15, 0.2) is 12.3 Å². The van der Waals surface area contributed by atoms with Crippen molar-refractivity contribution in [3.05, 3.63) is 23.5 Å². The number of nitrogens with zero attached hydrogens (tertiary/aromatic N) is 1. The minimum Gasteiger partial charge on any atom is -0.383 e. The number of rotatable bonds is 3. The fourth-order valence-corrected chi connectivity index (χ4v) is 2.46. The molecule has 88 valence electrons. The van der Waals surface area contributed by atoms with Crippen molar-refractivity contribution in [2.45, 2.75) is 46.0 Å². The summed E-state index contributed by atoms with van der Waals surface area (Å²) in [6.07, 6.45) is 8.98. The largest absolute Gasteiger partial charge is 0.383 e. The number of aromatic nitrogens is 1. The minimum atomic E-state index is 0.869. The van der Waals surface area contributed by atoms with Crippen LogP contribution in [0.1, 0.15) is 43.4 Å². The van der Waals surface area contributed by atoms with Gasteiger partial charge in [-0.2, -0.15) is 0 Å². The van der Waals surface area contributed by atoms with Crippen molar-refractivity contribution >= 4 is 5.69 Å². The van der Waals surface area contributed by atoms with Crippen LogP contribution in [-0.2, 0) is 0 Å². The second-order valence-electron chi connectivity index (χ2n) is 5.03. The normalized spacial score (nSPS) is 17.4. The van der Waals surface area contributed by atoms with Gasteiger partial charge in [-0.3, -0.25) is 4.98 Å². The molecule has 1 heterocycles. The summed E-state index contributed by atoms with van der Waals surface area (Å²) < 4.78 is 0. The maximum absolute atomic E-state index is 4.38. The van der Waals surface area contributed by atoms with Crippen molar-refractivity contribution in [3.63, 3.8) is 0 Å². The molecule has 0 aromatic carbocycles. The van der Waals surface area contributed by atoms with Gasteiger partial charge in [0.25, 0.3) is 0 Å². The van der Waals surface area contributed by atoms with Crippen molar-refractivity contribution in [2.24, 2.45) is 5.92 Å². The molecule has 1 aromatic rings. The van der Waals surface area contributed by atoms with Gasteiger partial charge in [0.2, 0.25) is 0 Å². The lowest BCUT2D eigenvalue weighted by molar-refractivity contribution is 0.373. The molecule has 0 aliphatic heterocycles. The van der Waals surface area contributed by atoms with E-state index in [4.69, 9.17) is 0 Å². The Bertz CT molecular complexity index is 341. The van der Waals surface area contributed by atoms with Crippen molar-refractivity contribution in [3.8, 4) is 0 Å². The van der Waals surface area contributed by atoms with Crippen molar-refractivity contribution in [1.82, 2.24) is 4.98 Å². The molecule has 1 N–H and O–H groups in total. The minimum absolute atomic E-state index is 0.869. The molecule has 1 aliphatic carbocycles. The van der Waals surface area contributed by atoms with Crippen molar-refractivity contribution in [2.75, 3.05) is 11.9 Å². The summed E-state index contributed by atoms with van der Waals surface area (Å²) in [5.41, 5.74) is 3.56. The smallest absolute Gasteiger partial charge is 0.0603 e. The predicted molar refractivity (Wildman–Crippen MR) is 68.8 cm³/mol. The third kappa shape index (κ3) is 2.97. The lowest BCUT2D eigenvalue weighted by Crippen LogP contribution is -2.17. The van der Waals surface area contributed by atoms with Crippen LogP contribution in [0.5, 0.6) is 0 Å². The Morgan fingerprint density at radius 3 is 2.75 bits per heavy atom. The number of anilines is 1. The zero-order valence-corrected chi connectivity index (χ0v) is 10.4. The molecule has 0 unspecified atom stereocenters. The Hall–Kier alpha value is -1.05. The SMILES string of the molecule is Cc1cnc(C)c(NCC2CCCCC2)c1. The van der Waals surface area contributed by atoms with Gasteiger partial charge >= 0.3 is 0 Å². The summed E-state index contributed by atoms with van der Waals surface area (Å²) in [5.74, 6) is 0.869. The third-order valence-electron chi connectivity index (χ3n) is 3.53. The molecule has 2 heteroatoms. The van der Waals surface area contributed by atoms with E-state index in [1.165, 1.54) is 43.4 Å². The molecule has 0 atom stereocenters. The second-order valence-corrected chi connectivity index (χ2v) is 5.03. The first kappa shape index (κ1) is 11.4. The molecular formula is C14H22N2. The third-order valence-corrected chi connectivity index (χ3v) is 3.53. The molecule has 2 rings (SSSR count). The lowest BCUT2D eigenvalue weighted by Gasteiger charge is -2.22. The number of aryl methyl sites for hydroxylation is 2. The van der Waals surface area contributed by atoms with Gasteiger partial charge in [0.1, 0.15) is 0 Å². The molecule has 1 aromatic heterocycles. The number of hydrogen-bond donors (Lipinski definition) is 1. The van der Waals surface area contributed by atoms with Crippen LogP contribution in [0.2, 0.25) is 0 Å². The zero-order valence-electron chi connectivity index (χ0n) is 10.4. The summed E-state index contributed by atoms with van der Waals surface area (Å²) in [4.78, 5) is 4.38. The average Bonchev–Trinajstić information content (AvgIpc) is 2.32. The standard InChI is InChI=1S/C14H22N2/c1-11-8-14(12(2)15-9-11)16-10-13-6-4-3-5-7-13/h8-9,13,16H,3-7,10H2,1-2H3. The Balaban J connectivity index is 1.90. The van der Waals surface area contributed by atoms with Gasteiger partial charge in [-0.05, 0) is 44.2 Å². The molecule has 0 bridgehead atoms. The highest BCUT2D eigenvalue weighted by Gasteiger charge is 2.13. The van der Waals surface area contributed by atoms with E-state index in [1.54, 1.807) is 0 Å². The molecule has 0 saturated heterocycles. The van der Waals surface area contributed by atoms with E-state index < -0.39 is 0 Å². The Labute approximate surface area is 98.5 Å². The Morgan fingerprint density at radius 1 is 1.25 bits per heavy atom. The first-order valence-corrected chi connectivity index (χ1v) is 6.43. The molecular weight excluding hydrogens is 196 g/mol. The van der Waals surface area contributed by atoms with Gasteiger partial charge in [-0.15, -0.1) is 0 Å². The molecule has 2 nitrogen and oxygen atoms in total. The Morgan fingerprint density at radius 2 is 2.00 bits per heavy atom. The van der Waals surface area contributed by atoms with E-state index in [0.29, 0.717) is 0 Å². The molecule has 0 radical (unpaired) electrons. The van der Waals surface area contributed by atoms with Gasteiger partial charge in [0.15, 0.2) is 0 Å². The Kier molecular flexibility index (Phi) is 3.81. The van der Waals surface area contributed by atoms with E-state index in [2.05, 4.69) is 30.2 Å². The van der Waals surface area contributed by atoms with Crippen LogP contribution in [-0.4, -0.2) is 11.5 Å². The maximum atomic E-state index is 4.38. The van der Waals surface area contributed by atoms with Crippen LogP contribution in [0.4, 0.5) is 5.69 Å². The fraction of sp³-hybridized carbons (Fsp3) is 0.643. The van der Waals surface area contributed by atoms with E-state index in [9.17, 15) is 0 Å². The van der Waals surface area contributed by atoms with Gasteiger partial charge in [-0.25, -0.2) is 0 Å². The predicted octanol–water partition coefficient (Wildman–Crippen LogP) is 3.69. The van der Waals surface area contributed by atoms with Crippen molar-refractivity contribution < 1.29 is 0 Å². The van der Waals surface area contributed by atoms with Gasteiger partial charge in [0.05, 0.1) is 11.4 Å². The van der Waals surface area contributed by atoms with Crippen LogP contribution < -0.4 is 5.32 Å². The van der Waals surface area contributed by atoms with Crippen LogP contribution in [0, 0.1) is 19.8 Å². The summed E-state index contributed by atoms with van der Waals surface area (Å²) in [5, 5.41) is 3.56. The molecule has 1 saturated carbocycles. The number of pyridine rings is 1. The van der Waals surface area contributed by atoms with Gasteiger partial charge in [-0.1, -0.05) is 19.3 Å². The van der Waals surface area contributed by atoms with E-state index in [-0.39, 0.29) is 0 Å². The van der Waals surface area contributed by atoms with Gasteiger partial charge in [0, 0.05) is 12.7 Å². The van der Waals surface area contributed by atoms with Crippen LogP contribution >= 0.6 is 0 Å². The first-order chi connectivity index (χ1) is 7.75. The summed E-state index contributed by atoms with van der Waals surface area (Å²) in [7, 11) is 0. The van der Waals surface area contributed by atoms with E-state index in [1.807, 2.05) is 6.20 Å². The number of hydrogen-bond acceptors (Lipinski definition) is 2. The molecule has 1 aliphatic rings. The van der Waals surface area contributed by atoms with E-state index >= 15 is 0 Å². The summed E-state index contributed by atoms with van der Waals surface area (Å²) in [6, 6.07) is 2.20. The number of nitrogens with one attached hydrogen (secondary N) is 1. The monoisotopic (exact) mass is 218 g/mol. The topological polar surface area (TPSA) is 24.9 Å². The van der Waals surface area contributed by atoms with E-state index in [0.717, 1.165) is 18.2 Å². The van der Waals surface area contributed by atoms with Crippen LogP contribution in [0.25, 0.3) is 0 Å². The molecule has 16 heavy (non-hydrogen) atoms. The summed E-state index contributed by atoms with van der Waals surface area (Å²) in [6.45, 7) is 5.28. The molecule has 0 spiro atoms. The molecule has 0 amide bonds. The molecule has 1 fully saturated rings. The zero-order chi connectivity index (χ0) is 11.4. The highest BCUT2D eigenvalue weighted by Crippen LogP contribution is 2.24. The lowest BCUT2D eigenvalue weighted by atomic mass is 9.89. The fourth-order valence-electron chi connectivity index (χ4n) is 2.46.